The first kappa shape index (κ1) is 20.4. The van der Waals surface area contributed by atoms with E-state index in [1.54, 1.807) is 23.4 Å². The summed E-state index contributed by atoms with van der Waals surface area (Å²) in [6.45, 7) is 1.67. The third-order valence-corrected chi connectivity index (χ3v) is 5.71. The average molecular weight is 429 g/mol. The van der Waals surface area contributed by atoms with Gasteiger partial charge < -0.3 is 19.5 Å². The van der Waals surface area contributed by atoms with Crippen LogP contribution in [0.15, 0.2) is 36.0 Å². The fourth-order valence-electron chi connectivity index (χ4n) is 3.21. The van der Waals surface area contributed by atoms with Gasteiger partial charge in [0.15, 0.2) is 11.5 Å². The minimum Gasteiger partial charge on any atom is -0.493 e. The Hall–Kier alpha value is -2.91. The van der Waals surface area contributed by atoms with Crippen molar-refractivity contribution in [3.05, 3.63) is 47.2 Å². The number of carbonyl (C=O) groups is 1. The van der Waals surface area contributed by atoms with E-state index < -0.39 is 0 Å². The molecule has 1 amide bonds. The van der Waals surface area contributed by atoms with E-state index in [-0.39, 0.29) is 12.0 Å². The van der Waals surface area contributed by atoms with E-state index in [2.05, 4.69) is 15.4 Å². The molecule has 1 N–H and O–H groups in total. The van der Waals surface area contributed by atoms with Crippen LogP contribution in [0.1, 0.15) is 28.9 Å². The molecule has 0 radical (unpaired) electrons. The molecule has 1 aromatic carbocycles. The van der Waals surface area contributed by atoms with Crippen molar-refractivity contribution in [1.82, 2.24) is 20.1 Å². The molecule has 0 saturated carbocycles. The standard InChI is InChI=1S/C21H24N4O4S/c1-25-11-15(10-23-25)21-24-17(13-30-21)20(26)22-9-14-5-6-18(19(8-14)27-2)29-12-16-4-3-7-28-16/h5-6,8,10-11,13,16H,3-4,7,9,12H2,1-2H3,(H,22,26). The normalized spacial score (nSPS) is 15.9. The molecule has 2 aromatic heterocycles. The summed E-state index contributed by atoms with van der Waals surface area (Å²) in [7, 11) is 3.45. The van der Waals surface area contributed by atoms with Crippen LogP contribution in [0.2, 0.25) is 0 Å². The maximum atomic E-state index is 12.5. The molecule has 1 aliphatic rings. The van der Waals surface area contributed by atoms with E-state index in [9.17, 15) is 4.79 Å². The third kappa shape index (κ3) is 4.80. The molecule has 1 fully saturated rings. The van der Waals surface area contributed by atoms with E-state index in [4.69, 9.17) is 14.2 Å². The lowest BCUT2D eigenvalue weighted by atomic mass is 10.2. The van der Waals surface area contributed by atoms with Gasteiger partial charge in [-0.1, -0.05) is 6.07 Å². The van der Waals surface area contributed by atoms with Crippen LogP contribution in [0.25, 0.3) is 10.6 Å². The maximum absolute atomic E-state index is 12.5. The van der Waals surface area contributed by atoms with Crippen molar-refractivity contribution in [3.63, 3.8) is 0 Å². The molecule has 1 unspecified atom stereocenters. The number of aromatic nitrogens is 3. The van der Waals surface area contributed by atoms with Crippen LogP contribution in [-0.4, -0.2) is 47.1 Å². The molecule has 8 nitrogen and oxygen atoms in total. The van der Waals surface area contributed by atoms with E-state index in [0.29, 0.717) is 30.3 Å². The summed E-state index contributed by atoms with van der Waals surface area (Å²) in [6, 6.07) is 5.64. The van der Waals surface area contributed by atoms with Crippen LogP contribution < -0.4 is 14.8 Å². The van der Waals surface area contributed by atoms with Gasteiger partial charge in [0.2, 0.25) is 0 Å². The van der Waals surface area contributed by atoms with Crippen molar-refractivity contribution in [2.45, 2.75) is 25.5 Å². The SMILES string of the molecule is COc1cc(CNC(=O)c2csc(-c3cnn(C)c3)n2)ccc1OCC1CCCO1. The number of nitrogens with zero attached hydrogens (tertiary/aromatic N) is 3. The molecule has 1 atom stereocenters. The van der Waals surface area contributed by atoms with Gasteiger partial charge in [-0.3, -0.25) is 9.48 Å². The zero-order chi connectivity index (χ0) is 20.9. The fraction of sp³-hybridized carbons (Fsp3) is 0.381. The topological polar surface area (TPSA) is 87.5 Å². The lowest BCUT2D eigenvalue weighted by molar-refractivity contribution is 0.0669. The minimum absolute atomic E-state index is 0.142. The summed E-state index contributed by atoms with van der Waals surface area (Å²) in [5.41, 5.74) is 2.19. The average Bonchev–Trinajstić information content (AvgIpc) is 3.52. The molecular weight excluding hydrogens is 404 g/mol. The highest BCUT2D eigenvalue weighted by atomic mass is 32.1. The van der Waals surface area contributed by atoms with Gasteiger partial charge >= 0.3 is 0 Å². The van der Waals surface area contributed by atoms with Crippen molar-refractivity contribution < 1.29 is 19.0 Å². The summed E-state index contributed by atoms with van der Waals surface area (Å²) in [5, 5.41) is 9.55. The van der Waals surface area contributed by atoms with Gasteiger partial charge in [-0.25, -0.2) is 4.98 Å². The number of aryl methyl sites for hydroxylation is 1. The summed E-state index contributed by atoms with van der Waals surface area (Å²) in [5.74, 6) is 1.08. The number of hydrogen-bond acceptors (Lipinski definition) is 7. The van der Waals surface area contributed by atoms with Gasteiger partial charge in [0.05, 0.1) is 19.4 Å². The molecule has 1 saturated heterocycles. The lowest BCUT2D eigenvalue weighted by Gasteiger charge is -2.15. The predicted octanol–water partition coefficient (Wildman–Crippen LogP) is 3.04. The Kier molecular flexibility index (Phi) is 6.29. The highest BCUT2D eigenvalue weighted by Crippen LogP contribution is 2.29. The maximum Gasteiger partial charge on any atom is 0.271 e. The van der Waals surface area contributed by atoms with E-state index in [0.717, 1.165) is 35.6 Å². The molecule has 4 rings (SSSR count). The highest BCUT2D eigenvalue weighted by Gasteiger charge is 2.17. The molecular formula is C21H24N4O4S. The highest BCUT2D eigenvalue weighted by molar-refractivity contribution is 7.13. The zero-order valence-electron chi connectivity index (χ0n) is 17.0. The van der Waals surface area contributed by atoms with Crippen molar-refractivity contribution in [2.24, 2.45) is 7.05 Å². The van der Waals surface area contributed by atoms with Crippen LogP contribution in [0.4, 0.5) is 0 Å². The number of rotatable bonds is 8. The quantitative estimate of drug-likeness (QED) is 0.593. The van der Waals surface area contributed by atoms with Gasteiger partial charge in [-0.05, 0) is 30.5 Å². The molecule has 30 heavy (non-hydrogen) atoms. The summed E-state index contributed by atoms with van der Waals surface area (Å²) < 4.78 is 18.6. The predicted molar refractivity (Wildman–Crippen MR) is 113 cm³/mol. The monoisotopic (exact) mass is 428 g/mol. The molecule has 1 aliphatic heterocycles. The Labute approximate surface area is 178 Å². The lowest BCUT2D eigenvalue weighted by Crippen LogP contribution is -2.23. The van der Waals surface area contributed by atoms with Crippen molar-refractivity contribution in [3.8, 4) is 22.1 Å². The van der Waals surface area contributed by atoms with Crippen molar-refractivity contribution in [1.29, 1.82) is 0 Å². The molecule has 3 heterocycles. The second-order valence-corrected chi connectivity index (χ2v) is 7.91. The smallest absolute Gasteiger partial charge is 0.271 e. The third-order valence-electron chi connectivity index (χ3n) is 4.82. The summed E-state index contributed by atoms with van der Waals surface area (Å²) in [4.78, 5) is 16.9. The van der Waals surface area contributed by atoms with Gasteiger partial charge in [0, 0.05) is 37.3 Å². The number of amides is 1. The Morgan fingerprint density at radius 3 is 3.03 bits per heavy atom. The Balaban J connectivity index is 1.34. The van der Waals surface area contributed by atoms with Gasteiger partial charge in [0.1, 0.15) is 17.3 Å². The number of benzene rings is 1. The second kappa shape index (κ2) is 9.27. The molecule has 3 aromatic rings. The van der Waals surface area contributed by atoms with Crippen LogP contribution in [-0.2, 0) is 18.3 Å². The minimum atomic E-state index is -0.223. The Morgan fingerprint density at radius 1 is 1.40 bits per heavy atom. The number of hydrogen-bond donors (Lipinski definition) is 1. The number of carbonyl (C=O) groups excluding carboxylic acids is 1. The van der Waals surface area contributed by atoms with E-state index >= 15 is 0 Å². The Morgan fingerprint density at radius 2 is 2.30 bits per heavy atom. The van der Waals surface area contributed by atoms with Crippen LogP contribution in [0.3, 0.4) is 0 Å². The van der Waals surface area contributed by atoms with Gasteiger partial charge in [0.25, 0.3) is 5.91 Å². The number of nitrogens with one attached hydrogen (secondary N) is 1. The zero-order valence-corrected chi connectivity index (χ0v) is 17.8. The summed E-state index contributed by atoms with van der Waals surface area (Å²) >= 11 is 1.42. The molecule has 0 aliphatic carbocycles. The largest absolute Gasteiger partial charge is 0.493 e. The van der Waals surface area contributed by atoms with Crippen LogP contribution in [0, 0.1) is 0 Å². The van der Waals surface area contributed by atoms with Crippen molar-refractivity contribution >= 4 is 17.2 Å². The first-order chi connectivity index (χ1) is 14.6. The summed E-state index contributed by atoms with van der Waals surface area (Å²) in [6.07, 6.45) is 5.84. The first-order valence-corrected chi connectivity index (χ1v) is 10.6. The molecule has 0 bridgehead atoms. The number of ether oxygens (including phenoxy) is 3. The second-order valence-electron chi connectivity index (χ2n) is 7.05. The van der Waals surface area contributed by atoms with Gasteiger partial charge in [-0.15, -0.1) is 11.3 Å². The molecule has 9 heteroatoms. The number of methoxy groups -OCH3 is 1. The van der Waals surface area contributed by atoms with E-state index in [1.165, 1.54) is 11.3 Å². The molecule has 0 spiro atoms. The van der Waals surface area contributed by atoms with Crippen LogP contribution in [0.5, 0.6) is 11.5 Å². The number of thiazole rings is 1. The van der Waals surface area contributed by atoms with Crippen molar-refractivity contribution in [2.75, 3.05) is 20.3 Å². The fourth-order valence-corrected chi connectivity index (χ4v) is 3.99. The first-order valence-electron chi connectivity index (χ1n) is 9.76. The Bertz CT molecular complexity index is 1010. The molecule has 158 valence electrons. The van der Waals surface area contributed by atoms with Crippen LogP contribution >= 0.6 is 11.3 Å². The van der Waals surface area contributed by atoms with Gasteiger partial charge in [-0.2, -0.15) is 5.10 Å². The van der Waals surface area contributed by atoms with E-state index in [1.807, 2.05) is 31.4 Å².